The summed E-state index contributed by atoms with van der Waals surface area (Å²) in [6, 6.07) is 21.7. The highest BCUT2D eigenvalue weighted by Gasteiger charge is 2.51. The number of sulfonamides is 1. The molecule has 9 heteroatoms. The molecule has 178 valence electrons. The minimum Gasteiger partial charge on any atom is -0.481 e. The number of carboxylic acid groups (broad SMARTS) is 1. The van der Waals surface area contributed by atoms with Crippen molar-refractivity contribution in [2.75, 3.05) is 4.72 Å². The van der Waals surface area contributed by atoms with E-state index in [0.717, 1.165) is 16.7 Å². The van der Waals surface area contributed by atoms with Gasteiger partial charge in [-0.15, -0.1) is 0 Å². The van der Waals surface area contributed by atoms with Gasteiger partial charge in [0.2, 0.25) is 10.0 Å². The number of carboxylic acids is 1. The van der Waals surface area contributed by atoms with Crippen molar-refractivity contribution in [1.29, 1.82) is 0 Å². The Morgan fingerprint density at radius 1 is 0.971 bits per heavy atom. The van der Waals surface area contributed by atoms with Crippen LogP contribution >= 0.6 is 11.6 Å². The van der Waals surface area contributed by atoms with Gasteiger partial charge in [-0.2, -0.15) is 0 Å². The molecule has 3 aromatic carbocycles. The number of aromatic nitrogens is 1. The fraction of sp³-hybridized carbons (Fsp3) is 0.154. The van der Waals surface area contributed by atoms with Crippen LogP contribution in [0.5, 0.6) is 0 Å². The minimum absolute atomic E-state index is 0.234. The van der Waals surface area contributed by atoms with E-state index in [2.05, 4.69) is 9.88 Å². The van der Waals surface area contributed by atoms with Crippen LogP contribution in [0.25, 0.3) is 22.5 Å². The monoisotopic (exact) mass is 508 g/mol. The van der Waals surface area contributed by atoms with Crippen molar-refractivity contribution < 1.29 is 22.8 Å². The summed E-state index contributed by atoms with van der Waals surface area (Å²) in [5.41, 5.74) is 3.34. The molecule has 7 nitrogen and oxygen atoms in total. The zero-order chi connectivity index (χ0) is 24.6. The van der Waals surface area contributed by atoms with Gasteiger partial charge in [-0.05, 0) is 41.2 Å². The highest BCUT2D eigenvalue weighted by molar-refractivity contribution is 7.91. The maximum Gasteiger partial charge on any atom is 0.314 e. The number of halogens is 1. The molecule has 0 spiro atoms. The Morgan fingerprint density at radius 2 is 1.57 bits per heavy atom. The Balaban J connectivity index is 1.33. The molecule has 0 amide bonds. The standard InChI is InChI=1S/C26H21ClN2O5S/c27-22-4-2-1-3-20(22)16-35(32,33)29-23-15-28-34-24(23)19-7-5-17(6-8-19)18-9-11-21(12-10-18)26(13-14-26)25(30)31/h1-12,15,29H,13-14,16H2,(H,30,31). The van der Waals surface area contributed by atoms with E-state index in [0.29, 0.717) is 34.8 Å². The molecule has 0 atom stereocenters. The highest BCUT2D eigenvalue weighted by Crippen LogP contribution is 2.48. The first-order valence-electron chi connectivity index (χ1n) is 10.9. The second-order valence-electron chi connectivity index (χ2n) is 8.56. The van der Waals surface area contributed by atoms with Crippen molar-refractivity contribution in [1.82, 2.24) is 5.16 Å². The van der Waals surface area contributed by atoms with Crippen LogP contribution in [0.4, 0.5) is 5.69 Å². The highest BCUT2D eigenvalue weighted by atomic mass is 35.5. The van der Waals surface area contributed by atoms with E-state index >= 15 is 0 Å². The molecule has 4 aromatic rings. The molecule has 5 rings (SSSR count). The molecule has 1 aliphatic rings. The molecule has 1 aromatic heterocycles. The Hall–Kier alpha value is -3.62. The molecule has 1 saturated carbocycles. The number of anilines is 1. The number of nitrogens with one attached hydrogen (secondary N) is 1. The van der Waals surface area contributed by atoms with Crippen LogP contribution in [-0.2, 0) is 26.0 Å². The van der Waals surface area contributed by atoms with E-state index in [9.17, 15) is 18.3 Å². The summed E-state index contributed by atoms with van der Waals surface area (Å²) in [7, 11) is -3.76. The van der Waals surface area contributed by atoms with Crippen molar-refractivity contribution >= 4 is 33.3 Å². The summed E-state index contributed by atoms with van der Waals surface area (Å²) in [5.74, 6) is -0.762. The normalized spacial score (nSPS) is 14.4. The molecule has 2 N–H and O–H groups in total. The van der Waals surface area contributed by atoms with Crippen molar-refractivity contribution in [3.8, 4) is 22.5 Å². The van der Waals surface area contributed by atoms with Crippen molar-refractivity contribution in [3.63, 3.8) is 0 Å². The third kappa shape index (κ3) is 4.67. The predicted octanol–water partition coefficient (Wildman–Crippen LogP) is 5.72. The predicted molar refractivity (Wildman–Crippen MR) is 134 cm³/mol. The number of rotatable bonds is 8. The van der Waals surface area contributed by atoms with Gasteiger partial charge in [-0.3, -0.25) is 9.52 Å². The van der Waals surface area contributed by atoms with Crippen LogP contribution in [0.2, 0.25) is 5.02 Å². The molecule has 1 heterocycles. The number of benzene rings is 3. The Morgan fingerprint density at radius 3 is 2.17 bits per heavy atom. The van der Waals surface area contributed by atoms with E-state index < -0.39 is 21.4 Å². The van der Waals surface area contributed by atoms with Gasteiger partial charge < -0.3 is 9.63 Å². The molecule has 0 aliphatic heterocycles. The van der Waals surface area contributed by atoms with E-state index in [1.54, 1.807) is 24.3 Å². The average Bonchev–Trinajstić information content (AvgIpc) is 3.55. The second kappa shape index (κ2) is 8.87. The summed E-state index contributed by atoms with van der Waals surface area (Å²) in [4.78, 5) is 11.5. The summed E-state index contributed by atoms with van der Waals surface area (Å²) < 4.78 is 33.3. The molecular formula is C26H21ClN2O5S. The molecule has 1 fully saturated rings. The van der Waals surface area contributed by atoms with Gasteiger partial charge in [0.05, 0.1) is 17.4 Å². The van der Waals surface area contributed by atoms with E-state index in [1.165, 1.54) is 6.20 Å². The number of hydrogen-bond acceptors (Lipinski definition) is 5. The number of hydrogen-bond donors (Lipinski definition) is 2. The lowest BCUT2D eigenvalue weighted by Crippen LogP contribution is -2.19. The Labute approximate surface area is 207 Å². The Kier molecular flexibility index (Phi) is 5.86. The third-order valence-electron chi connectivity index (χ3n) is 6.22. The quantitative estimate of drug-likeness (QED) is 0.315. The zero-order valence-corrected chi connectivity index (χ0v) is 20.0. The molecule has 35 heavy (non-hydrogen) atoms. The van der Waals surface area contributed by atoms with Gasteiger partial charge in [0.15, 0.2) is 5.76 Å². The van der Waals surface area contributed by atoms with Gasteiger partial charge in [-0.1, -0.05) is 83.5 Å². The van der Waals surface area contributed by atoms with Crippen molar-refractivity contribution in [3.05, 3.63) is 95.1 Å². The van der Waals surface area contributed by atoms with Crippen LogP contribution in [0.15, 0.2) is 83.5 Å². The molecule has 1 aliphatic carbocycles. The van der Waals surface area contributed by atoms with E-state index in [-0.39, 0.29) is 11.4 Å². The second-order valence-corrected chi connectivity index (χ2v) is 10.7. The topological polar surface area (TPSA) is 110 Å². The summed E-state index contributed by atoms with van der Waals surface area (Å²) in [6.07, 6.45) is 2.65. The smallest absolute Gasteiger partial charge is 0.314 e. The number of aliphatic carboxylic acids is 1. The Bertz CT molecular complexity index is 1490. The SMILES string of the molecule is O=C(O)C1(c2ccc(-c3ccc(-c4oncc4NS(=O)(=O)Cc4ccccc4Cl)cc3)cc2)CC1. The fourth-order valence-electron chi connectivity index (χ4n) is 4.09. The fourth-order valence-corrected chi connectivity index (χ4v) is 5.59. The number of nitrogens with zero attached hydrogens (tertiary/aromatic N) is 1. The lowest BCUT2D eigenvalue weighted by atomic mass is 9.93. The lowest BCUT2D eigenvalue weighted by Gasteiger charge is -2.11. The van der Waals surface area contributed by atoms with Gasteiger partial charge in [0.1, 0.15) is 5.69 Å². The number of carbonyl (C=O) groups is 1. The molecular weight excluding hydrogens is 488 g/mol. The first-order valence-corrected chi connectivity index (χ1v) is 12.9. The summed E-state index contributed by atoms with van der Waals surface area (Å²) >= 11 is 6.10. The van der Waals surface area contributed by atoms with E-state index in [4.69, 9.17) is 16.1 Å². The van der Waals surface area contributed by atoms with Crippen LogP contribution < -0.4 is 4.72 Å². The summed E-state index contributed by atoms with van der Waals surface area (Å²) in [6.45, 7) is 0. The molecule has 0 unspecified atom stereocenters. The van der Waals surface area contributed by atoms with Crippen LogP contribution in [-0.4, -0.2) is 24.7 Å². The van der Waals surface area contributed by atoms with Gasteiger partial charge in [0, 0.05) is 10.6 Å². The largest absolute Gasteiger partial charge is 0.481 e. The average molecular weight is 509 g/mol. The molecule has 0 bridgehead atoms. The zero-order valence-electron chi connectivity index (χ0n) is 18.4. The molecule has 0 radical (unpaired) electrons. The minimum atomic E-state index is -3.76. The van der Waals surface area contributed by atoms with Gasteiger partial charge in [0.25, 0.3) is 0 Å². The van der Waals surface area contributed by atoms with Crippen molar-refractivity contribution in [2.45, 2.75) is 24.0 Å². The lowest BCUT2D eigenvalue weighted by molar-refractivity contribution is -0.140. The first-order chi connectivity index (χ1) is 16.8. The van der Waals surface area contributed by atoms with E-state index in [1.807, 2.05) is 48.5 Å². The summed E-state index contributed by atoms with van der Waals surface area (Å²) in [5, 5.41) is 13.6. The third-order valence-corrected chi connectivity index (χ3v) is 7.81. The maximum atomic E-state index is 12.7. The van der Waals surface area contributed by atoms with Crippen LogP contribution in [0.1, 0.15) is 24.0 Å². The van der Waals surface area contributed by atoms with Crippen molar-refractivity contribution in [2.24, 2.45) is 0 Å². The molecule has 0 saturated heterocycles. The van der Waals surface area contributed by atoms with Crippen LogP contribution in [0, 0.1) is 0 Å². The van der Waals surface area contributed by atoms with Gasteiger partial charge >= 0.3 is 5.97 Å². The van der Waals surface area contributed by atoms with Gasteiger partial charge in [-0.25, -0.2) is 8.42 Å². The van der Waals surface area contributed by atoms with Crippen LogP contribution in [0.3, 0.4) is 0 Å². The maximum absolute atomic E-state index is 12.7. The first kappa shape index (κ1) is 23.1.